The second kappa shape index (κ2) is 10.9. The van der Waals surface area contributed by atoms with Gasteiger partial charge >= 0.3 is 0 Å². The van der Waals surface area contributed by atoms with E-state index in [0.717, 1.165) is 39.4 Å². The van der Waals surface area contributed by atoms with Gasteiger partial charge in [-0.2, -0.15) is 0 Å². The summed E-state index contributed by atoms with van der Waals surface area (Å²) in [4.78, 5) is 6.84. The Morgan fingerprint density at radius 2 is 1.88 bits per heavy atom. The summed E-state index contributed by atoms with van der Waals surface area (Å²) in [6.45, 7) is 11.4. The van der Waals surface area contributed by atoms with E-state index >= 15 is 0 Å². The Bertz CT molecular complexity index is 498. The van der Waals surface area contributed by atoms with Crippen LogP contribution in [0, 0.1) is 12.8 Å². The fourth-order valence-electron chi connectivity index (χ4n) is 2.67. The summed E-state index contributed by atoms with van der Waals surface area (Å²) in [5.74, 6) is 1.05. The normalized spacial score (nSPS) is 17.4. The Balaban J connectivity index is 0.00000288. The van der Waals surface area contributed by atoms with Crippen molar-refractivity contribution in [3.8, 4) is 0 Å². The number of ether oxygens (including phenoxy) is 1. The van der Waals surface area contributed by atoms with Gasteiger partial charge < -0.3 is 15.8 Å². The van der Waals surface area contributed by atoms with Crippen LogP contribution in [0.15, 0.2) is 29.3 Å². The number of nitrogens with two attached hydrogens (primary N) is 1. The lowest BCUT2D eigenvalue weighted by Gasteiger charge is -2.35. The molecule has 3 N–H and O–H groups in total. The number of aliphatic imine (C=N–C) groups is 1. The van der Waals surface area contributed by atoms with Crippen LogP contribution in [0.4, 0.5) is 0 Å². The number of nitrogens with zero attached hydrogens (tertiary/aromatic N) is 2. The zero-order chi connectivity index (χ0) is 16.7. The van der Waals surface area contributed by atoms with Crippen LogP contribution < -0.4 is 11.1 Å². The molecule has 0 saturated carbocycles. The molecular formula is C18H31IN4O. The van der Waals surface area contributed by atoms with Gasteiger partial charge in [-0.15, -0.1) is 24.0 Å². The van der Waals surface area contributed by atoms with Crippen molar-refractivity contribution in [2.24, 2.45) is 16.6 Å². The summed E-state index contributed by atoms with van der Waals surface area (Å²) in [6, 6.07) is 9.03. The van der Waals surface area contributed by atoms with Gasteiger partial charge in [0.1, 0.15) is 0 Å². The minimum Gasteiger partial charge on any atom is -0.379 e. The molecule has 5 nitrogen and oxygen atoms in total. The second-order valence-electron chi connectivity index (χ2n) is 6.58. The van der Waals surface area contributed by atoms with Gasteiger partial charge in [-0.3, -0.25) is 9.89 Å². The predicted octanol–water partition coefficient (Wildman–Crippen LogP) is 2.55. The molecule has 1 aromatic rings. The third-order valence-electron chi connectivity index (χ3n) is 4.05. The Morgan fingerprint density at radius 1 is 1.25 bits per heavy atom. The van der Waals surface area contributed by atoms with E-state index in [4.69, 9.17) is 10.5 Å². The molecule has 0 aromatic heterocycles. The Hall–Kier alpha value is -0.860. The third kappa shape index (κ3) is 6.94. The number of halogens is 1. The van der Waals surface area contributed by atoms with Crippen LogP contribution in [-0.2, 0) is 4.74 Å². The van der Waals surface area contributed by atoms with E-state index < -0.39 is 0 Å². The fourth-order valence-corrected chi connectivity index (χ4v) is 2.67. The van der Waals surface area contributed by atoms with Crippen LogP contribution in [0.3, 0.4) is 0 Å². The first-order valence-electron chi connectivity index (χ1n) is 8.48. The van der Waals surface area contributed by atoms with Crippen LogP contribution >= 0.6 is 24.0 Å². The highest BCUT2D eigenvalue weighted by atomic mass is 127. The maximum absolute atomic E-state index is 6.00. The predicted molar refractivity (Wildman–Crippen MR) is 111 cm³/mol. The molecule has 0 spiro atoms. The summed E-state index contributed by atoms with van der Waals surface area (Å²) < 4.78 is 5.48. The zero-order valence-corrected chi connectivity index (χ0v) is 17.3. The first-order chi connectivity index (χ1) is 11.1. The molecule has 24 heavy (non-hydrogen) atoms. The van der Waals surface area contributed by atoms with Gasteiger partial charge in [0.05, 0.1) is 19.3 Å². The number of hydrogen-bond donors (Lipinski definition) is 2. The van der Waals surface area contributed by atoms with Crippen molar-refractivity contribution in [2.75, 3.05) is 39.4 Å². The molecule has 1 heterocycles. The molecule has 1 atom stereocenters. The molecule has 6 heteroatoms. The van der Waals surface area contributed by atoms with E-state index in [0.29, 0.717) is 11.9 Å². The lowest BCUT2D eigenvalue weighted by Crippen LogP contribution is -2.45. The lowest BCUT2D eigenvalue weighted by atomic mass is 10.0. The largest absolute Gasteiger partial charge is 0.379 e. The van der Waals surface area contributed by atoms with Gasteiger partial charge in [0, 0.05) is 26.2 Å². The highest BCUT2D eigenvalue weighted by molar-refractivity contribution is 14.0. The van der Waals surface area contributed by atoms with Gasteiger partial charge in [0.25, 0.3) is 0 Å². The number of morpholine rings is 1. The summed E-state index contributed by atoms with van der Waals surface area (Å²) >= 11 is 0. The monoisotopic (exact) mass is 446 g/mol. The van der Waals surface area contributed by atoms with Crippen LogP contribution in [-0.4, -0.2) is 50.3 Å². The number of guanidine groups is 1. The van der Waals surface area contributed by atoms with Gasteiger partial charge in [-0.25, -0.2) is 0 Å². The standard InChI is InChI=1S/C18H30N4O.HI/c1-14(2)12-20-18(19)21-13-17(22-8-10-23-11-9-22)16-6-4-15(3)5-7-16;/h4-7,14,17H,8-13H2,1-3H3,(H3,19,20,21);1H. The average Bonchev–Trinajstić information content (AvgIpc) is 2.55. The van der Waals surface area contributed by atoms with Crippen LogP contribution in [0.1, 0.15) is 31.0 Å². The summed E-state index contributed by atoms with van der Waals surface area (Å²) in [7, 11) is 0. The number of rotatable bonds is 6. The van der Waals surface area contributed by atoms with E-state index in [1.807, 2.05) is 0 Å². The number of nitrogens with one attached hydrogen (secondary N) is 1. The summed E-state index contributed by atoms with van der Waals surface area (Å²) in [6.07, 6.45) is 0. The molecule has 1 aromatic carbocycles. The van der Waals surface area contributed by atoms with Crippen molar-refractivity contribution in [3.63, 3.8) is 0 Å². The van der Waals surface area contributed by atoms with E-state index in [9.17, 15) is 0 Å². The summed E-state index contributed by atoms with van der Waals surface area (Å²) in [5.41, 5.74) is 8.58. The van der Waals surface area contributed by atoms with Gasteiger partial charge in [0.2, 0.25) is 0 Å². The first-order valence-corrected chi connectivity index (χ1v) is 8.48. The summed E-state index contributed by atoms with van der Waals surface area (Å²) in [5, 5.41) is 3.29. The Labute approximate surface area is 163 Å². The number of hydrogen-bond acceptors (Lipinski definition) is 3. The van der Waals surface area contributed by atoms with E-state index in [1.54, 1.807) is 0 Å². The Morgan fingerprint density at radius 3 is 2.46 bits per heavy atom. The van der Waals surface area contributed by atoms with Gasteiger partial charge in [0.15, 0.2) is 5.96 Å². The van der Waals surface area contributed by atoms with Crippen LogP contribution in [0.25, 0.3) is 0 Å². The molecule has 136 valence electrons. The van der Waals surface area contributed by atoms with Gasteiger partial charge in [-0.1, -0.05) is 43.7 Å². The Kier molecular flexibility index (Phi) is 9.61. The second-order valence-corrected chi connectivity index (χ2v) is 6.58. The minimum atomic E-state index is 0. The van der Waals surface area contributed by atoms with Crippen molar-refractivity contribution in [1.82, 2.24) is 10.2 Å². The molecule has 1 unspecified atom stereocenters. The first kappa shape index (κ1) is 21.2. The molecule has 1 fully saturated rings. The highest BCUT2D eigenvalue weighted by Gasteiger charge is 2.22. The quantitative estimate of drug-likeness (QED) is 0.401. The van der Waals surface area contributed by atoms with Crippen molar-refractivity contribution < 1.29 is 4.74 Å². The highest BCUT2D eigenvalue weighted by Crippen LogP contribution is 2.21. The molecule has 1 aliphatic rings. The lowest BCUT2D eigenvalue weighted by molar-refractivity contribution is 0.0170. The molecule has 0 bridgehead atoms. The van der Waals surface area contributed by atoms with E-state index in [1.165, 1.54) is 11.1 Å². The van der Waals surface area contributed by atoms with Crippen molar-refractivity contribution in [3.05, 3.63) is 35.4 Å². The average molecular weight is 446 g/mol. The molecule has 0 aliphatic carbocycles. The molecule has 1 saturated heterocycles. The fraction of sp³-hybridized carbons (Fsp3) is 0.611. The van der Waals surface area contributed by atoms with Crippen LogP contribution in [0.5, 0.6) is 0 Å². The molecule has 1 aliphatic heterocycles. The maximum Gasteiger partial charge on any atom is 0.188 e. The molecule has 2 rings (SSSR count). The van der Waals surface area contributed by atoms with Gasteiger partial charge in [-0.05, 0) is 18.4 Å². The maximum atomic E-state index is 6.00. The van der Waals surface area contributed by atoms with E-state index in [-0.39, 0.29) is 30.0 Å². The molecule has 0 radical (unpaired) electrons. The van der Waals surface area contributed by atoms with Crippen molar-refractivity contribution in [2.45, 2.75) is 26.8 Å². The smallest absolute Gasteiger partial charge is 0.188 e. The molecular weight excluding hydrogens is 415 g/mol. The number of benzene rings is 1. The third-order valence-corrected chi connectivity index (χ3v) is 4.05. The zero-order valence-electron chi connectivity index (χ0n) is 15.0. The van der Waals surface area contributed by atoms with Crippen molar-refractivity contribution in [1.29, 1.82) is 0 Å². The van der Waals surface area contributed by atoms with Crippen molar-refractivity contribution >= 4 is 29.9 Å². The minimum absolute atomic E-state index is 0. The molecule has 0 amide bonds. The SMILES string of the molecule is Cc1ccc(C(CNC(N)=NCC(C)C)N2CCOCC2)cc1.I. The van der Waals surface area contributed by atoms with E-state index in [2.05, 4.69) is 60.2 Å². The number of aryl methyl sites for hydroxylation is 1. The van der Waals surface area contributed by atoms with Crippen LogP contribution in [0.2, 0.25) is 0 Å². The topological polar surface area (TPSA) is 62.9 Å².